The average Bonchev–Trinajstić information content (AvgIpc) is 2.44. The lowest BCUT2D eigenvalue weighted by Gasteiger charge is -2.23. The van der Waals surface area contributed by atoms with Gasteiger partial charge in [-0.2, -0.15) is 0 Å². The molecule has 0 aliphatic heterocycles. The zero-order valence-corrected chi connectivity index (χ0v) is 12.3. The largest absolute Gasteiger partial charge is 0.306 e. The minimum atomic E-state index is -0.194. The SMILES string of the molecule is CCCNC(c1ccncc1C)c1cc(F)ccc1C. The summed E-state index contributed by atoms with van der Waals surface area (Å²) in [5, 5.41) is 3.52. The molecule has 1 atom stereocenters. The number of aromatic nitrogens is 1. The van der Waals surface area contributed by atoms with E-state index < -0.39 is 0 Å². The minimum Gasteiger partial charge on any atom is -0.306 e. The van der Waals surface area contributed by atoms with Gasteiger partial charge in [0.2, 0.25) is 0 Å². The summed E-state index contributed by atoms with van der Waals surface area (Å²) in [5.41, 5.74) is 4.36. The lowest BCUT2D eigenvalue weighted by Crippen LogP contribution is -2.24. The van der Waals surface area contributed by atoms with Crippen LogP contribution in [0.3, 0.4) is 0 Å². The van der Waals surface area contributed by atoms with E-state index in [1.54, 1.807) is 12.3 Å². The first kappa shape index (κ1) is 14.7. The third-order valence-corrected chi connectivity index (χ3v) is 3.53. The molecule has 0 amide bonds. The first-order chi connectivity index (χ1) is 9.63. The van der Waals surface area contributed by atoms with Gasteiger partial charge in [0.25, 0.3) is 0 Å². The molecule has 0 radical (unpaired) electrons. The Bertz CT molecular complexity index is 581. The van der Waals surface area contributed by atoms with E-state index in [4.69, 9.17) is 0 Å². The summed E-state index contributed by atoms with van der Waals surface area (Å²) < 4.78 is 13.6. The van der Waals surface area contributed by atoms with Gasteiger partial charge in [-0.15, -0.1) is 0 Å². The quantitative estimate of drug-likeness (QED) is 0.892. The van der Waals surface area contributed by atoms with Crippen molar-refractivity contribution in [3.8, 4) is 0 Å². The molecule has 0 fully saturated rings. The maximum Gasteiger partial charge on any atom is 0.123 e. The number of aryl methyl sites for hydroxylation is 2. The van der Waals surface area contributed by atoms with Gasteiger partial charge in [-0.3, -0.25) is 4.98 Å². The Balaban J connectivity index is 2.47. The van der Waals surface area contributed by atoms with Crippen molar-refractivity contribution in [3.05, 3.63) is 64.7 Å². The van der Waals surface area contributed by atoms with Gasteiger partial charge in [0.05, 0.1) is 6.04 Å². The predicted molar refractivity (Wildman–Crippen MR) is 80.2 cm³/mol. The van der Waals surface area contributed by atoms with Crippen LogP contribution in [0.4, 0.5) is 4.39 Å². The molecule has 2 nitrogen and oxygen atoms in total. The molecule has 1 aromatic carbocycles. The summed E-state index contributed by atoms with van der Waals surface area (Å²) >= 11 is 0. The molecule has 20 heavy (non-hydrogen) atoms. The van der Waals surface area contributed by atoms with E-state index in [0.717, 1.165) is 35.2 Å². The van der Waals surface area contributed by atoms with Crippen LogP contribution in [0.15, 0.2) is 36.7 Å². The third-order valence-electron chi connectivity index (χ3n) is 3.53. The van der Waals surface area contributed by atoms with Crippen LogP contribution < -0.4 is 5.32 Å². The van der Waals surface area contributed by atoms with Crippen LogP contribution in [0.5, 0.6) is 0 Å². The Morgan fingerprint density at radius 2 is 1.95 bits per heavy atom. The molecule has 0 aliphatic rings. The highest BCUT2D eigenvalue weighted by Crippen LogP contribution is 2.27. The molecule has 3 heteroatoms. The molecule has 0 aliphatic carbocycles. The Morgan fingerprint density at radius 3 is 2.65 bits per heavy atom. The van der Waals surface area contributed by atoms with Crippen LogP contribution in [-0.2, 0) is 0 Å². The van der Waals surface area contributed by atoms with E-state index in [0.29, 0.717) is 0 Å². The van der Waals surface area contributed by atoms with Crippen molar-refractivity contribution in [1.29, 1.82) is 0 Å². The number of hydrogen-bond acceptors (Lipinski definition) is 2. The van der Waals surface area contributed by atoms with Gasteiger partial charge in [-0.25, -0.2) is 4.39 Å². The topological polar surface area (TPSA) is 24.9 Å². The maximum absolute atomic E-state index is 13.6. The lowest BCUT2D eigenvalue weighted by molar-refractivity contribution is 0.581. The number of hydrogen-bond donors (Lipinski definition) is 1. The monoisotopic (exact) mass is 272 g/mol. The first-order valence-corrected chi connectivity index (χ1v) is 7.03. The molecule has 0 bridgehead atoms. The van der Waals surface area contributed by atoms with Crippen molar-refractivity contribution < 1.29 is 4.39 Å². The molecule has 2 rings (SSSR count). The zero-order chi connectivity index (χ0) is 14.5. The van der Waals surface area contributed by atoms with Crippen molar-refractivity contribution >= 4 is 0 Å². The molecule has 2 aromatic rings. The molecule has 0 spiro atoms. The Hall–Kier alpha value is -1.74. The fourth-order valence-electron chi connectivity index (χ4n) is 2.41. The normalized spacial score (nSPS) is 12.4. The molecule has 1 unspecified atom stereocenters. The van der Waals surface area contributed by atoms with E-state index in [2.05, 4.69) is 17.2 Å². The van der Waals surface area contributed by atoms with Crippen LogP contribution in [0.2, 0.25) is 0 Å². The number of pyridine rings is 1. The number of nitrogens with one attached hydrogen (secondary N) is 1. The van der Waals surface area contributed by atoms with Crippen molar-refractivity contribution in [2.75, 3.05) is 6.54 Å². The summed E-state index contributed by atoms with van der Waals surface area (Å²) in [7, 11) is 0. The number of rotatable bonds is 5. The Labute approximate surface area is 120 Å². The second-order valence-corrected chi connectivity index (χ2v) is 5.12. The molecule has 106 valence electrons. The molecular formula is C17H21FN2. The molecule has 1 heterocycles. The van der Waals surface area contributed by atoms with Gasteiger partial charge in [0, 0.05) is 12.4 Å². The van der Waals surface area contributed by atoms with Crippen molar-refractivity contribution in [2.24, 2.45) is 0 Å². The van der Waals surface area contributed by atoms with E-state index in [-0.39, 0.29) is 11.9 Å². The summed E-state index contributed by atoms with van der Waals surface area (Å²) in [6.45, 7) is 7.08. The second kappa shape index (κ2) is 6.62. The van der Waals surface area contributed by atoms with Crippen molar-refractivity contribution in [3.63, 3.8) is 0 Å². The van der Waals surface area contributed by atoms with Gasteiger partial charge < -0.3 is 5.32 Å². The summed E-state index contributed by atoms with van der Waals surface area (Å²) in [4.78, 5) is 4.14. The highest BCUT2D eigenvalue weighted by molar-refractivity contribution is 5.39. The zero-order valence-electron chi connectivity index (χ0n) is 12.3. The van der Waals surface area contributed by atoms with Crippen molar-refractivity contribution in [1.82, 2.24) is 10.3 Å². The maximum atomic E-state index is 13.6. The van der Waals surface area contributed by atoms with Gasteiger partial charge in [-0.05, 0) is 67.3 Å². The van der Waals surface area contributed by atoms with E-state index in [1.807, 2.05) is 32.2 Å². The fourth-order valence-corrected chi connectivity index (χ4v) is 2.41. The lowest BCUT2D eigenvalue weighted by atomic mass is 9.93. The Kier molecular flexibility index (Phi) is 4.85. The van der Waals surface area contributed by atoms with Gasteiger partial charge in [-0.1, -0.05) is 13.0 Å². The number of halogens is 1. The fraction of sp³-hybridized carbons (Fsp3) is 0.353. The van der Waals surface area contributed by atoms with Crippen LogP contribution in [0.1, 0.15) is 41.6 Å². The Morgan fingerprint density at radius 1 is 1.15 bits per heavy atom. The second-order valence-electron chi connectivity index (χ2n) is 5.12. The standard InChI is InChI=1S/C17H21FN2/c1-4-8-20-17(15-7-9-19-11-13(15)3)16-10-14(18)6-5-12(16)2/h5-7,9-11,17,20H,4,8H2,1-3H3. The summed E-state index contributed by atoms with van der Waals surface area (Å²) in [5.74, 6) is -0.194. The highest BCUT2D eigenvalue weighted by atomic mass is 19.1. The van der Waals surface area contributed by atoms with Gasteiger partial charge in [0.15, 0.2) is 0 Å². The number of nitrogens with zero attached hydrogens (tertiary/aromatic N) is 1. The predicted octanol–water partition coefficient (Wildman–Crippen LogP) is 3.93. The minimum absolute atomic E-state index is 0.00801. The van der Waals surface area contributed by atoms with E-state index >= 15 is 0 Å². The molecule has 0 saturated carbocycles. The molecular weight excluding hydrogens is 251 g/mol. The average molecular weight is 272 g/mol. The summed E-state index contributed by atoms with van der Waals surface area (Å²) in [6.07, 6.45) is 4.68. The van der Waals surface area contributed by atoms with Crippen LogP contribution in [-0.4, -0.2) is 11.5 Å². The number of benzene rings is 1. The first-order valence-electron chi connectivity index (χ1n) is 7.03. The summed E-state index contributed by atoms with van der Waals surface area (Å²) in [6, 6.07) is 6.99. The van der Waals surface area contributed by atoms with Crippen LogP contribution in [0.25, 0.3) is 0 Å². The van der Waals surface area contributed by atoms with Crippen LogP contribution >= 0.6 is 0 Å². The van der Waals surface area contributed by atoms with Gasteiger partial charge in [0.1, 0.15) is 5.82 Å². The van der Waals surface area contributed by atoms with E-state index in [1.165, 1.54) is 6.07 Å². The highest BCUT2D eigenvalue weighted by Gasteiger charge is 2.17. The molecule has 1 N–H and O–H groups in total. The van der Waals surface area contributed by atoms with Gasteiger partial charge >= 0.3 is 0 Å². The van der Waals surface area contributed by atoms with E-state index in [9.17, 15) is 4.39 Å². The molecule has 0 saturated heterocycles. The van der Waals surface area contributed by atoms with Crippen molar-refractivity contribution in [2.45, 2.75) is 33.2 Å². The smallest absolute Gasteiger partial charge is 0.123 e. The third kappa shape index (κ3) is 3.23. The van der Waals surface area contributed by atoms with Crippen LogP contribution in [0, 0.1) is 19.7 Å². The molecule has 1 aromatic heterocycles.